The second-order valence-corrected chi connectivity index (χ2v) is 6.51. The fraction of sp³-hybridized carbons (Fsp3) is 0.556. The number of carbonyl (C=O) groups is 2. The highest BCUT2D eigenvalue weighted by Gasteiger charge is 2.56. The summed E-state index contributed by atoms with van der Waals surface area (Å²) in [7, 11) is 1.51. The molecule has 0 radical (unpaired) electrons. The molecule has 2 fully saturated rings. The lowest BCUT2D eigenvalue weighted by Gasteiger charge is -2.25. The van der Waals surface area contributed by atoms with E-state index in [9.17, 15) is 9.59 Å². The van der Waals surface area contributed by atoms with Crippen LogP contribution in [0.25, 0.3) is 0 Å². The lowest BCUT2D eigenvalue weighted by Crippen LogP contribution is -2.40. The van der Waals surface area contributed by atoms with Crippen molar-refractivity contribution in [3.05, 3.63) is 35.9 Å². The zero-order valence-corrected chi connectivity index (χ0v) is 14.9. The topological polar surface area (TPSA) is 89.5 Å². The number of hydrogen-bond donors (Lipinski definition) is 0. The van der Waals surface area contributed by atoms with E-state index >= 15 is 0 Å². The summed E-state index contributed by atoms with van der Waals surface area (Å²) in [5.41, 5.74) is 0.455. The predicted octanol–water partition coefficient (Wildman–Crippen LogP) is 1.91. The Kier molecular flexibility index (Phi) is 5.57. The Bertz CT molecular complexity index is 644. The van der Waals surface area contributed by atoms with Gasteiger partial charge in [-0.25, -0.2) is 4.79 Å². The second kappa shape index (κ2) is 7.71. The molecule has 0 N–H and O–H groups in total. The standard InChI is InChI=1S/C18H22O8/c1-18(2)25-15-14(13(10-21-3)23-16(15)26-18)24-17(20)22-9-12(19)11-7-5-4-6-8-11/h4-8,13-16H,9-10H2,1-3H3/t13-,14+,15-,16-/m1/s1. The number of fused-ring (bicyclic) bond motifs is 1. The quantitative estimate of drug-likeness (QED) is 0.557. The number of rotatable bonds is 6. The monoisotopic (exact) mass is 366 g/mol. The fourth-order valence-corrected chi connectivity index (χ4v) is 2.96. The van der Waals surface area contributed by atoms with Gasteiger partial charge in [-0.15, -0.1) is 0 Å². The van der Waals surface area contributed by atoms with Crippen molar-refractivity contribution in [1.82, 2.24) is 0 Å². The first-order valence-electron chi connectivity index (χ1n) is 8.31. The van der Waals surface area contributed by atoms with Crippen LogP contribution in [0.1, 0.15) is 24.2 Å². The number of Topliss-reactive ketones (excluding diaryl/α,β-unsaturated/α-hetero) is 1. The lowest BCUT2D eigenvalue weighted by molar-refractivity contribution is -0.220. The van der Waals surface area contributed by atoms with Crippen LogP contribution in [0, 0.1) is 0 Å². The molecule has 1 aromatic carbocycles. The van der Waals surface area contributed by atoms with E-state index in [2.05, 4.69) is 0 Å². The van der Waals surface area contributed by atoms with Crippen LogP contribution >= 0.6 is 0 Å². The van der Waals surface area contributed by atoms with E-state index in [4.69, 9.17) is 28.4 Å². The summed E-state index contributed by atoms with van der Waals surface area (Å²) >= 11 is 0. The van der Waals surface area contributed by atoms with Crippen LogP contribution in [0.15, 0.2) is 30.3 Å². The molecule has 2 saturated heterocycles. The van der Waals surface area contributed by atoms with E-state index in [1.54, 1.807) is 44.2 Å². The first-order valence-corrected chi connectivity index (χ1v) is 8.31. The van der Waals surface area contributed by atoms with Gasteiger partial charge in [0.05, 0.1) is 6.61 Å². The highest BCUT2D eigenvalue weighted by atomic mass is 16.9. The van der Waals surface area contributed by atoms with Crippen molar-refractivity contribution in [3.8, 4) is 0 Å². The summed E-state index contributed by atoms with van der Waals surface area (Å²) in [6, 6.07) is 8.55. The van der Waals surface area contributed by atoms with Crippen molar-refractivity contribution >= 4 is 11.9 Å². The molecule has 1 aromatic rings. The van der Waals surface area contributed by atoms with Crippen LogP contribution in [0.3, 0.4) is 0 Å². The van der Waals surface area contributed by atoms with Crippen LogP contribution in [0.2, 0.25) is 0 Å². The largest absolute Gasteiger partial charge is 0.509 e. The molecule has 2 heterocycles. The molecule has 2 aliphatic heterocycles. The Hall–Kier alpha value is -2.00. The second-order valence-electron chi connectivity index (χ2n) is 6.51. The first-order chi connectivity index (χ1) is 12.4. The maximum atomic E-state index is 12.0. The Morgan fingerprint density at radius 1 is 1.15 bits per heavy atom. The molecule has 3 rings (SSSR count). The smallest absolute Gasteiger partial charge is 0.426 e. The molecule has 0 saturated carbocycles. The summed E-state index contributed by atoms with van der Waals surface area (Å²) in [4.78, 5) is 24.0. The first kappa shape index (κ1) is 18.8. The Morgan fingerprint density at radius 3 is 2.58 bits per heavy atom. The SMILES string of the molecule is COC[C@H]1O[C@@H]2OC(C)(C)O[C@@H]2[C@H]1OC(=O)OCC(=O)c1ccccc1. The highest BCUT2D eigenvalue weighted by molar-refractivity contribution is 5.97. The van der Waals surface area contributed by atoms with Crippen molar-refractivity contribution in [2.24, 2.45) is 0 Å². The molecule has 0 bridgehead atoms. The Labute approximate surface area is 151 Å². The molecule has 0 spiro atoms. The number of hydrogen-bond acceptors (Lipinski definition) is 8. The third-order valence-corrected chi connectivity index (χ3v) is 4.07. The molecular formula is C18H22O8. The minimum Gasteiger partial charge on any atom is -0.426 e. The van der Waals surface area contributed by atoms with Gasteiger partial charge in [0.25, 0.3) is 0 Å². The van der Waals surface area contributed by atoms with Gasteiger partial charge in [-0.1, -0.05) is 30.3 Å². The van der Waals surface area contributed by atoms with Gasteiger partial charge in [-0.2, -0.15) is 0 Å². The number of benzene rings is 1. The van der Waals surface area contributed by atoms with Gasteiger partial charge in [-0.3, -0.25) is 4.79 Å². The van der Waals surface area contributed by atoms with E-state index in [1.165, 1.54) is 7.11 Å². The van der Waals surface area contributed by atoms with Crippen molar-refractivity contribution in [2.75, 3.05) is 20.3 Å². The normalized spacial score (nSPS) is 29.2. The molecule has 0 aliphatic carbocycles. The maximum absolute atomic E-state index is 12.0. The molecule has 0 amide bonds. The number of methoxy groups -OCH3 is 1. The Balaban J connectivity index is 1.57. The van der Waals surface area contributed by atoms with E-state index in [-0.39, 0.29) is 12.4 Å². The van der Waals surface area contributed by atoms with E-state index < -0.39 is 43.2 Å². The van der Waals surface area contributed by atoms with E-state index in [0.717, 1.165) is 0 Å². The number of ketones is 1. The van der Waals surface area contributed by atoms with Gasteiger partial charge in [0.2, 0.25) is 0 Å². The molecule has 0 unspecified atom stereocenters. The molecule has 4 atom stereocenters. The van der Waals surface area contributed by atoms with E-state index in [1.807, 2.05) is 0 Å². The van der Waals surface area contributed by atoms with E-state index in [0.29, 0.717) is 5.56 Å². The zero-order valence-electron chi connectivity index (χ0n) is 14.9. The molecule has 8 nitrogen and oxygen atoms in total. The summed E-state index contributed by atoms with van der Waals surface area (Å²) < 4.78 is 32.5. The summed E-state index contributed by atoms with van der Waals surface area (Å²) in [5.74, 6) is -1.17. The van der Waals surface area contributed by atoms with Crippen molar-refractivity contribution in [1.29, 1.82) is 0 Å². The zero-order chi connectivity index (χ0) is 18.7. The number of ether oxygens (including phenoxy) is 6. The van der Waals surface area contributed by atoms with Crippen molar-refractivity contribution in [3.63, 3.8) is 0 Å². The third-order valence-electron chi connectivity index (χ3n) is 4.07. The minimum atomic E-state index is -0.974. The van der Waals surface area contributed by atoms with Gasteiger partial charge < -0.3 is 28.4 Å². The van der Waals surface area contributed by atoms with Gasteiger partial charge >= 0.3 is 6.16 Å². The average Bonchev–Trinajstić information content (AvgIpc) is 3.06. The molecule has 0 aromatic heterocycles. The van der Waals surface area contributed by atoms with Crippen molar-refractivity contribution in [2.45, 2.75) is 44.2 Å². The van der Waals surface area contributed by atoms with Gasteiger partial charge in [0, 0.05) is 12.7 Å². The van der Waals surface area contributed by atoms with Gasteiger partial charge in [0.15, 0.2) is 36.7 Å². The number of carbonyl (C=O) groups excluding carboxylic acids is 2. The third kappa shape index (κ3) is 4.21. The predicted molar refractivity (Wildman–Crippen MR) is 87.6 cm³/mol. The van der Waals surface area contributed by atoms with Gasteiger partial charge in [0.1, 0.15) is 6.10 Å². The summed E-state index contributed by atoms with van der Waals surface area (Å²) in [5, 5.41) is 0. The highest BCUT2D eigenvalue weighted by Crippen LogP contribution is 2.38. The lowest BCUT2D eigenvalue weighted by atomic mass is 10.1. The molecule has 2 aliphatic rings. The van der Waals surface area contributed by atoms with Crippen LogP contribution < -0.4 is 0 Å². The molecular weight excluding hydrogens is 344 g/mol. The van der Waals surface area contributed by atoms with Crippen LogP contribution in [0.4, 0.5) is 4.79 Å². The minimum absolute atomic E-state index is 0.195. The average molecular weight is 366 g/mol. The molecule has 8 heteroatoms. The Morgan fingerprint density at radius 2 is 1.88 bits per heavy atom. The van der Waals surface area contributed by atoms with Gasteiger partial charge in [-0.05, 0) is 13.8 Å². The van der Waals surface area contributed by atoms with Crippen LogP contribution in [-0.4, -0.2) is 62.7 Å². The molecule has 26 heavy (non-hydrogen) atoms. The maximum Gasteiger partial charge on any atom is 0.509 e. The summed E-state index contributed by atoms with van der Waals surface area (Å²) in [6.45, 7) is 3.27. The van der Waals surface area contributed by atoms with Crippen LogP contribution in [0.5, 0.6) is 0 Å². The molecule has 142 valence electrons. The summed E-state index contributed by atoms with van der Waals surface area (Å²) in [6.07, 6.45) is -3.54. The van der Waals surface area contributed by atoms with Crippen LogP contribution in [-0.2, 0) is 28.4 Å². The fourth-order valence-electron chi connectivity index (χ4n) is 2.96. The van der Waals surface area contributed by atoms with Crippen molar-refractivity contribution < 1.29 is 38.0 Å².